The molecule has 4 nitrogen and oxygen atoms in total. The zero-order valence-electron chi connectivity index (χ0n) is 12.4. The standard InChI is InChI=1S/C15H22BrNO3S/c1-3-15(4-2)11-12(9-10-20-15)17-21(18,19)14-8-6-5-7-13(14)16/h5-8,12,17H,3-4,9-11H2,1-2H3. The summed E-state index contributed by atoms with van der Waals surface area (Å²) in [6.07, 6.45) is 3.24. The minimum Gasteiger partial charge on any atom is -0.375 e. The lowest BCUT2D eigenvalue weighted by Gasteiger charge is -2.40. The van der Waals surface area contributed by atoms with E-state index >= 15 is 0 Å². The Morgan fingerprint density at radius 3 is 2.62 bits per heavy atom. The lowest BCUT2D eigenvalue weighted by molar-refractivity contribution is -0.0905. The number of rotatable bonds is 5. The summed E-state index contributed by atoms with van der Waals surface area (Å²) in [5, 5.41) is 0. The van der Waals surface area contributed by atoms with Crippen LogP contribution in [0, 0.1) is 0 Å². The molecule has 1 aliphatic heterocycles. The maximum absolute atomic E-state index is 12.5. The van der Waals surface area contributed by atoms with Crippen molar-refractivity contribution in [1.29, 1.82) is 0 Å². The van der Waals surface area contributed by atoms with E-state index in [-0.39, 0.29) is 16.5 Å². The Bertz CT molecular complexity index is 584. The predicted octanol–water partition coefficient (Wildman–Crippen LogP) is 3.47. The Morgan fingerprint density at radius 2 is 2.00 bits per heavy atom. The highest BCUT2D eigenvalue weighted by Crippen LogP contribution is 2.32. The molecule has 21 heavy (non-hydrogen) atoms. The van der Waals surface area contributed by atoms with Crippen molar-refractivity contribution in [3.8, 4) is 0 Å². The highest BCUT2D eigenvalue weighted by molar-refractivity contribution is 9.10. The summed E-state index contributed by atoms with van der Waals surface area (Å²) in [4.78, 5) is 0.287. The highest BCUT2D eigenvalue weighted by atomic mass is 79.9. The number of sulfonamides is 1. The number of hydrogen-bond donors (Lipinski definition) is 1. The first-order chi connectivity index (χ1) is 9.92. The number of hydrogen-bond acceptors (Lipinski definition) is 3. The Morgan fingerprint density at radius 1 is 1.33 bits per heavy atom. The van der Waals surface area contributed by atoms with E-state index in [4.69, 9.17) is 4.74 Å². The van der Waals surface area contributed by atoms with E-state index in [1.165, 1.54) is 0 Å². The van der Waals surface area contributed by atoms with Gasteiger partial charge >= 0.3 is 0 Å². The molecule has 1 fully saturated rings. The highest BCUT2D eigenvalue weighted by Gasteiger charge is 2.36. The molecule has 1 heterocycles. The van der Waals surface area contributed by atoms with Crippen molar-refractivity contribution in [3.05, 3.63) is 28.7 Å². The van der Waals surface area contributed by atoms with E-state index < -0.39 is 10.0 Å². The molecular formula is C15H22BrNO3S. The monoisotopic (exact) mass is 375 g/mol. The Balaban J connectivity index is 2.16. The molecule has 1 aliphatic rings. The van der Waals surface area contributed by atoms with Crippen LogP contribution in [0.5, 0.6) is 0 Å². The summed E-state index contributed by atoms with van der Waals surface area (Å²) in [6.45, 7) is 4.78. The molecule has 1 unspecified atom stereocenters. The second kappa shape index (κ2) is 6.77. The van der Waals surface area contributed by atoms with Crippen LogP contribution in [0.2, 0.25) is 0 Å². The van der Waals surface area contributed by atoms with E-state index in [1.54, 1.807) is 24.3 Å². The van der Waals surface area contributed by atoms with Gasteiger partial charge in [-0.05, 0) is 53.7 Å². The SMILES string of the molecule is CCC1(CC)CC(NS(=O)(=O)c2ccccc2Br)CCO1. The smallest absolute Gasteiger partial charge is 0.241 e. The summed E-state index contributed by atoms with van der Waals surface area (Å²) in [5.41, 5.74) is -0.195. The third kappa shape index (κ3) is 3.86. The molecule has 0 spiro atoms. The van der Waals surface area contributed by atoms with Gasteiger partial charge in [0.15, 0.2) is 0 Å². The molecule has 1 atom stereocenters. The first-order valence-electron chi connectivity index (χ1n) is 7.33. The van der Waals surface area contributed by atoms with Gasteiger partial charge in [0.25, 0.3) is 0 Å². The minimum absolute atomic E-state index is 0.0734. The van der Waals surface area contributed by atoms with Gasteiger partial charge in [-0.3, -0.25) is 0 Å². The van der Waals surface area contributed by atoms with Crippen LogP contribution in [-0.2, 0) is 14.8 Å². The number of nitrogens with one attached hydrogen (secondary N) is 1. The van der Waals surface area contributed by atoms with Crippen molar-refractivity contribution in [2.75, 3.05) is 6.61 Å². The van der Waals surface area contributed by atoms with Crippen LogP contribution in [0.4, 0.5) is 0 Å². The molecule has 2 rings (SSSR count). The molecule has 1 saturated heterocycles. The normalized spacial score (nSPS) is 22.1. The Labute approximate surface area is 135 Å². The molecule has 1 aromatic rings. The summed E-state index contributed by atoms with van der Waals surface area (Å²) < 4.78 is 34.4. The van der Waals surface area contributed by atoms with E-state index in [0.717, 1.165) is 19.3 Å². The van der Waals surface area contributed by atoms with Crippen LogP contribution in [0.1, 0.15) is 39.5 Å². The van der Waals surface area contributed by atoms with E-state index in [2.05, 4.69) is 34.5 Å². The van der Waals surface area contributed by atoms with Gasteiger partial charge in [0.1, 0.15) is 0 Å². The second-order valence-electron chi connectivity index (χ2n) is 5.48. The van der Waals surface area contributed by atoms with Gasteiger partial charge < -0.3 is 4.74 Å². The van der Waals surface area contributed by atoms with E-state index in [0.29, 0.717) is 17.5 Å². The first kappa shape index (κ1) is 16.9. The number of ether oxygens (including phenoxy) is 1. The number of benzene rings is 1. The average molecular weight is 376 g/mol. The summed E-state index contributed by atoms with van der Waals surface area (Å²) in [6, 6.07) is 6.80. The van der Waals surface area contributed by atoms with Crippen LogP contribution >= 0.6 is 15.9 Å². The largest absolute Gasteiger partial charge is 0.375 e. The molecule has 0 saturated carbocycles. The van der Waals surface area contributed by atoms with Crippen LogP contribution in [0.15, 0.2) is 33.6 Å². The molecule has 118 valence electrons. The van der Waals surface area contributed by atoms with Crippen LogP contribution < -0.4 is 4.72 Å². The summed E-state index contributed by atoms with van der Waals surface area (Å²) >= 11 is 3.30. The van der Waals surface area contributed by atoms with Gasteiger partial charge in [0.05, 0.1) is 10.5 Å². The molecule has 0 bridgehead atoms. The molecule has 6 heteroatoms. The van der Waals surface area contributed by atoms with Crippen molar-refractivity contribution in [2.24, 2.45) is 0 Å². The van der Waals surface area contributed by atoms with Crippen molar-refractivity contribution >= 4 is 26.0 Å². The summed E-state index contributed by atoms with van der Waals surface area (Å²) in [5.74, 6) is 0. The third-order valence-corrected chi connectivity index (χ3v) is 6.76. The second-order valence-corrected chi connectivity index (χ2v) is 8.02. The van der Waals surface area contributed by atoms with Gasteiger partial charge in [-0.15, -0.1) is 0 Å². The van der Waals surface area contributed by atoms with Crippen molar-refractivity contribution < 1.29 is 13.2 Å². The first-order valence-corrected chi connectivity index (χ1v) is 9.61. The van der Waals surface area contributed by atoms with Gasteiger partial charge in [0, 0.05) is 17.1 Å². The Kier molecular flexibility index (Phi) is 5.46. The zero-order chi connectivity index (χ0) is 15.5. The van der Waals surface area contributed by atoms with Gasteiger partial charge in [0.2, 0.25) is 10.0 Å². The quantitative estimate of drug-likeness (QED) is 0.856. The van der Waals surface area contributed by atoms with E-state index in [9.17, 15) is 8.42 Å². The van der Waals surface area contributed by atoms with Crippen LogP contribution in [-0.4, -0.2) is 26.7 Å². The molecule has 0 radical (unpaired) electrons. The average Bonchev–Trinajstić information content (AvgIpc) is 2.47. The predicted molar refractivity (Wildman–Crippen MR) is 86.8 cm³/mol. The summed E-state index contributed by atoms with van der Waals surface area (Å²) in [7, 11) is -3.51. The van der Waals surface area contributed by atoms with Gasteiger partial charge in [-0.25, -0.2) is 13.1 Å². The van der Waals surface area contributed by atoms with E-state index in [1.807, 2.05) is 0 Å². The maximum Gasteiger partial charge on any atom is 0.241 e. The minimum atomic E-state index is -3.51. The third-order valence-electron chi connectivity index (χ3n) is 4.23. The van der Waals surface area contributed by atoms with Gasteiger partial charge in [-0.1, -0.05) is 26.0 Å². The molecule has 1 aromatic carbocycles. The fraction of sp³-hybridized carbons (Fsp3) is 0.600. The fourth-order valence-electron chi connectivity index (χ4n) is 2.82. The maximum atomic E-state index is 12.5. The molecule has 0 aliphatic carbocycles. The molecule has 0 aromatic heterocycles. The molecular weight excluding hydrogens is 354 g/mol. The van der Waals surface area contributed by atoms with Crippen LogP contribution in [0.3, 0.4) is 0 Å². The zero-order valence-corrected chi connectivity index (χ0v) is 14.8. The van der Waals surface area contributed by atoms with Crippen molar-refractivity contribution in [1.82, 2.24) is 4.72 Å². The van der Waals surface area contributed by atoms with Crippen LogP contribution in [0.25, 0.3) is 0 Å². The van der Waals surface area contributed by atoms with Crippen molar-refractivity contribution in [3.63, 3.8) is 0 Å². The topological polar surface area (TPSA) is 55.4 Å². The van der Waals surface area contributed by atoms with Gasteiger partial charge in [-0.2, -0.15) is 0 Å². The Hall–Kier alpha value is -0.430. The lowest BCUT2D eigenvalue weighted by atomic mass is 9.86. The fourth-order valence-corrected chi connectivity index (χ4v) is 5.09. The number of halogens is 1. The molecule has 0 amide bonds. The van der Waals surface area contributed by atoms with Crippen molar-refractivity contribution in [2.45, 2.75) is 56.1 Å². The molecule has 1 N–H and O–H groups in total. The lowest BCUT2D eigenvalue weighted by Crippen LogP contribution is -2.48.